The molecule has 0 amide bonds. The van der Waals surface area contributed by atoms with E-state index in [1.54, 1.807) is 6.92 Å². The minimum Gasteiger partial charge on any atom is -0.392 e. The fraction of sp³-hybridized carbons (Fsp3) is 0.875. The highest BCUT2D eigenvalue weighted by molar-refractivity contribution is 7.93. The van der Waals surface area contributed by atoms with Crippen molar-refractivity contribution in [2.24, 2.45) is 5.73 Å². The van der Waals surface area contributed by atoms with E-state index >= 15 is 0 Å². The van der Waals surface area contributed by atoms with E-state index in [-0.39, 0.29) is 18.1 Å². The van der Waals surface area contributed by atoms with Crippen LogP contribution >= 0.6 is 12.2 Å². The molecule has 10 heteroatoms. The summed E-state index contributed by atoms with van der Waals surface area (Å²) in [5, 5.41) is -0.893. The summed E-state index contributed by atoms with van der Waals surface area (Å²) in [6.45, 7) is 1.98. The lowest BCUT2D eigenvalue weighted by atomic mass is 10.3. The molecule has 0 aliphatic heterocycles. The zero-order chi connectivity index (χ0) is 14.4. The molecule has 0 rings (SSSR count). The molecule has 0 fully saturated rings. The maximum atomic E-state index is 11.7. The minimum atomic E-state index is -3.58. The molecule has 0 aromatic carbocycles. The van der Waals surface area contributed by atoms with Crippen LogP contribution in [0.15, 0.2) is 0 Å². The van der Waals surface area contributed by atoms with Crippen LogP contribution in [0.3, 0.4) is 0 Å². The van der Waals surface area contributed by atoms with Crippen molar-refractivity contribution in [3.8, 4) is 0 Å². The van der Waals surface area contributed by atoms with Gasteiger partial charge in [-0.3, -0.25) is 0 Å². The largest absolute Gasteiger partial charge is 0.392 e. The van der Waals surface area contributed by atoms with Gasteiger partial charge in [0.15, 0.2) is 0 Å². The molecule has 0 saturated heterocycles. The smallest absolute Gasteiger partial charge is 0.220 e. The van der Waals surface area contributed by atoms with Crippen molar-refractivity contribution in [2.45, 2.75) is 25.0 Å². The number of rotatable bonds is 9. The monoisotopic (exact) mass is 317 g/mol. The van der Waals surface area contributed by atoms with E-state index in [9.17, 15) is 16.8 Å². The van der Waals surface area contributed by atoms with E-state index in [1.165, 1.54) is 0 Å². The molecule has 1 atom stereocenters. The molecule has 1 unspecified atom stereocenters. The highest BCUT2D eigenvalue weighted by Gasteiger charge is 2.25. The molecular formula is C8H19N3O4S3. The fourth-order valence-electron chi connectivity index (χ4n) is 1.23. The van der Waals surface area contributed by atoms with Crippen molar-refractivity contribution in [2.75, 3.05) is 19.3 Å². The Balaban J connectivity index is 4.17. The van der Waals surface area contributed by atoms with Crippen molar-refractivity contribution in [3.63, 3.8) is 0 Å². The average molecular weight is 317 g/mol. The van der Waals surface area contributed by atoms with Crippen molar-refractivity contribution in [1.82, 2.24) is 9.44 Å². The number of thiocarbonyl (C=S) groups is 1. The summed E-state index contributed by atoms with van der Waals surface area (Å²) in [6.07, 6.45) is 1.68. The molecule has 0 aliphatic rings. The van der Waals surface area contributed by atoms with Gasteiger partial charge in [-0.2, -0.15) is 0 Å². The Labute approximate surface area is 114 Å². The maximum Gasteiger partial charge on any atom is 0.220 e. The molecule has 7 nitrogen and oxygen atoms in total. The molecule has 0 aliphatic carbocycles. The molecule has 0 bridgehead atoms. The molecular weight excluding hydrogens is 298 g/mol. The van der Waals surface area contributed by atoms with E-state index in [0.717, 1.165) is 6.26 Å². The van der Waals surface area contributed by atoms with Gasteiger partial charge in [-0.15, -0.1) is 0 Å². The van der Waals surface area contributed by atoms with E-state index in [2.05, 4.69) is 21.7 Å². The summed E-state index contributed by atoms with van der Waals surface area (Å²) in [5.41, 5.74) is 5.34. The Morgan fingerprint density at radius 3 is 2.11 bits per heavy atom. The van der Waals surface area contributed by atoms with Crippen LogP contribution in [0.4, 0.5) is 0 Å². The number of nitrogens with one attached hydrogen (secondary N) is 2. The van der Waals surface area contributed by atoms with Crippen LogP contribution in [0.1, 0.15) is 19.8 Å². The normalized spacial score (nSPS) is 14.3. The molecule has 108 valence electrons. The SMILES string of the molecule is CCC(C(N)=S)S(=O)(=O)NCCCNS(C)(=O)=O. The first-order valence-corrected chi connectivity index (χ1v) is 9.17. The highest BCUT2D eigenvalue weighted by atomic mass is 32.2. The number of sulfonamides is 2. The van der Waals surface area contributed by atoms with Crippen LogP contribution in [0, 0.1) is 0 Å². The first-order chi connectivity index (χ1) is 8.10. The van der Waals surface area contributed by atoms with Crippen LogP contribution in [0.25, 0.3) is 0 Å². The Bertz CT molecular complexity index is 472. The summed E-state index contributed by atoms with van der Waals surface area (Å²) in [7, 11) is -6.82. The van der Waals surface area contributed by atoms with E-state index in [1.807, 2.05) is 0 Å². The zero-order valence-corrected chi connectivity index (χ0v) is 12.8. The van der Waals surface area contributed by atoms with Crippen LogP contribution < -0.4 is 15.2 Å². The fourth-order valence-corrected chi connectivity index (χ4v) is 3.67. The topological polar surface area (TPSA) is 118 Å². The summed E-state index contributed by atoms with van der Waals surface area (Å²) >= 11 is 4.68. The summed E-state index contributed by atoms with van der Waals surface area (Å²) in [5.74, 6) is 0. The number of hydrogen-bond acceptors (Lipinski definition) is 5. The molecule has 0 aromatic rings. The molecule has 0 radical (unpaired) electrons. The van der Waals surface area contributed by atoms with Gasteiger partial charge in [0.2, 0.25) is 20.0 Å². The van der Waals surface area contributed by atoms with Crippen molar-refractivity contribution >= 4 is 37.3 Å². The summed E-state index contributed by atoms with van der Waals surface area (Å²) in [4.78, 5) is -0.0701. The Morgan fingerprint density at radius 1 is 1.22 bits per heavy atom. The quantitative estimate of drug-likeness (QED) is 0.367. The second-order valence-electron chi connectivity index (χ2n) is 3.76. The molecule has 4 N–H and O–H groups in total. The second-order valence-corrected chi connectivity index (χ2v) is 8.01. The van der Waals surface area contributed by atoms with Crippen molar-refractivity contribution in [3.05, 3.63) is 0 Å². The van der Waals surface area contributed by atoms with E-state index in [0.29, 0.717) is 12.8 Å². The lowest BCUT2D eigenvalue weighted by Crippen LogP contribution is -2.42. The number of nitrogens with two attached hydrogens (primary N) is 1. The Kier molecular flexibility index (Phi) is 7.22. The predicted molar refractivity (Wildman–Crippen MR) is 75.3 cm³/mol. The third-order valence-electron chi connectivity index (χ3n) is 2.08. The number of hydrogen-bond donors (Lipinski definition) is 3. The first-order valence-electron chi connectivity index (χ1n) is 5.32. The van der Waals surface area contributed by atoms with Crippen LogP contribution in [-0.4, -0.2) is 46.4 Å². The third-order valence-corrected chi connectivity index (χ3v) is 5.19. The van der Waals surface area contributed by atoms with Gasteiger partial charge in [-0.05, 0) is 12.8 Å². The molecule has 0 spiro atoms. The van der Waals surface area contributed by atoms with Crippen molar-refractivity contribution in [1.29, 1.82) is 0 Å². The molecule has 18 heavy (non-hydrogen) atoms. The minimum absolute atomic E-state index is 0.0701. The molecule has 0 saturated carbocycles. The standard InChI is InChI=1S/C8H19N3O4S3/c1-3-7(8(9)16)18(14,15)11-6-4-5-10-17(2,12)13/h7,10-11H,3-6H2,1-2H3,(H2,9,16). The second kappa shape index (κ2) is 7.34. The lowest BCUT2D eigenvalue weighted by molar-refractivity contribution is 0.569. The van der Waals surface area contributed by atoms with Gasteiger partial charge in [-0.1, -0.05) is 19.1 Å². The zero-order valence-electron chi connectivity index (χ0n) is 10.3. The van der Waals surface area contributed by atoms with Gasteiger partial charge in [0.05, 0.1) is 11.2 Å². The first kappa shape index (κ1) is 17.7. The van der Waals surface area contributed by atoms with Gasteiger partial charge in [0.25, 0.3) is 0 Å². The van der Waals surface area contributed by atoms with Crippen LogP contribution in [0.5, 0.6) is 0 Å². The molecule has 0 heterocycles. The maximum absolute atomic E-state index is 11.7. The van der Waals surface area contributed by atoms with Gasteiger partial charge in [0, 0.05) is 13.1 Å². The van der Waals surface area contributed by atoms with Gasteiger partial charge in [-0.25, -0.2) is 26.3 Å². The van der Waals surface area contributed by atoms with Gasteiger partial charge in [0.1, 0.15) is 5.25 Å². The summed E-state index contributed by atoms with van der Waals surface area (Å²) in [6, 6.07) is 0. The predicted octanol–water partition coefficient (Wildman–Crippen LogP) is -1.09. The van der Waals surface area contributed by atoms with E-state index < -0.39 is 25.3 Å². The van der Waals surface area contributed by atoms with Crippen LogP contribution in [-0.2, 0) is 20.0 Å². The van der Waals surface area contributed by atoms with E-state index in [4.69, 9.17) is 5.73 Å². The Hall–Kier alpha value is -0.290. The third kappa shape index (κ3) is 7.21. The van der Waals surface area contributed by atoms with Crippen LogP contribution in [0.2, 0.25) is 0 Å². The van der Waals surface area contributed by atoms with Crippen molar-refractivity contribution < 1.29 is 16.8 Å². The lowest BCUT2D eigenvalue weighted by Gasteiger charge is -2.15. The summed E-state index contributed by atoms with van der Waals surface area (Å²) < 4.78 is 49.6. The van der Waals surface area contributed by atoms with Gasteiger partial charge >= 0.3 is 0 Å². The van der Waals surface area contributed by atoms with Gasteiger partial charge < -0.3 is 5.73 Å². The average Bonchev–Trinajstić information content (AvgIpc) is 2.14. The Morgan fingerprint density at radius 2 is 1.72 bits per heavy atom. The molecule has 0 aromatic heterocycles. The highest BCUT2D eigenvalue weighted by Crippen LogP contribution is 2.04.